The maximum absolute atomic E-state index is 4.82. The molecule has 1 atom stereocenters. The predicted octanol–water partition coefficient (Wildman–Crippen LogP) is 2.75. The maximum Gasteiger partial charge on any atom is 0.191 e. The van der Waals surface area contributed by atoms with Crippen molar-refractivity contribution in [2.75, 3.05) is 37.6 Å². The van der Waals surface area contributed by atoms with E-state index in [1.54, 1.807) is 0 Å². The van der Waals surface area contributed by atoms with E-state index in [0.29, 0.717) is 12.6 Å². The lowest BCUT2D eigenvalue weighted by molar-refractivity contribution is 0.242. The second kappa shape index (κ2) is 9.59. The van der Waals surface area contributed by atoms with Gasteiger partial charge < -0.3 is 15.5 Å². The Hall–Kier alpha value is -1.82. The summed E-state index contributed by atoms with van der Waals surface area (Å²) in [5.74, 6) is 2.04. The highest BCUT2D eigenvalue weighted by Crippen LogP contribution is 2.26. The van der Waals surface area contributed by atoms with Gasteiger partial charge in [0.2, 0.25) is 0 Å². The van der Waals surface area contributed by atoms with Crippen LogP contribution in [0.1, 0.15) is 57.4 Å². The molecule has 2 N–H and O–H groups in total. The van der Waals surface area contributed by atoms with Crippen molar-refractivity contribution in [3.05, 3.63) is 23.9 Å². The number of hydrogen-bond donors (Lipinski definition) is 2. The first-order valence-corrected chi connectivity index (χ1v) is 11.3. The standard InChI is InChI=1S/C22H36N6/c1-2-23-22(26-19-11-14-28(17-19)20-7-3-4-8-20)25-16-18-9-10-21(24-15-18)27-12-5-6-13-27/h9-10,15,19-20H,2-8,11-14,16-17H2,1H3,(H2,23,25,26). The summed E-state index contributed by atoms with van der Waals surface area (Å²) in [5, 5.41) is 7.08. The van der Waals surface area contributed by atoms with Gasteiger partial charge in [-0.3, -0.25) is 4.90 Å². The third-order valence-electron chi connectivity index (χ3n) is 6.40. The summed E-state index contributed by atoms with van der Waals surface area (Å²) in [7, 11) is 0. The van der Waals surface area contributed by atoms with Crippen molar-refractivity contribution in [1.82, 2.24) is 20.5 Å². The van der Waals surface area contributed by atoms with Gasteiger partial charge in [-0.2, -0.15) is 0 Å². The zero-order valence-electron chi connectivity index (χ0n) is 17.4. The molecule has 3 aliphatic rings. The molecular formula is C22H36N6. The topological polar surface area (TPSA) is 55.8 Å². The first-order valence-electron chi connectivity index (χ1n) is 11.3. The number of aliphatic imine (C=N–C) groups is 1. The van der Waals surface area contributed by atoms with Crippen LogP contribution in [0.15, 0.2) is 23.3 Å². The smallest absolute Gasteiger partial charge is 0.191 e. The van der Waals surface area contributed by atoms with Crippen LogP contribution in [0.4, 0.5) is 5.82 Å². The molecule has 3 heterocycles. The van der Waals surface area contributed by atoms with Crippen LogP contribution in [0.3, 0.4) is 0 Å². The molecule has 0 amide bonds. The van der Waals surface area contributed by atoms with Gasteiger partial charge in [-0.05, 0) is 50.7 Å². The van der Waals surface area contributed by atoms with Crippen molar-refractivity contribution < 1.29 is 0 Å². The Morgan fingerprint density at radius 2 is 1.93 bits per heavy atom. The molecule has 0 aromatic carbocycles. The molecule has 0 radical (unpaired) electrons. The van der Waals surface area contributed by atoms with Crippen LogP contribution < -0.4 is 15.5 Å². The summed E-state index contributed by atoms with van der Waals surface area (Å²) in [6, 6.07) is 5.65. The number of likely N-dealkylation sites (tertiary alicyclic amines) is 1. The van der Waals surface area contributed by atoms with Gasteiger partial charge in [0.05, 0.1) is 6.54 Å². The molecule has 2 aliphatic heterocycles. The van der Waals surface area contributed by atoms with Gasteiger partial charge in [0.15, 0.2) is 5.96 Å². The normalized spacial score (nSPS) is 24.2. The van der Waals surface area contributed by atoms with E-state index in [9.17, 15) is 0 Å². The number of anilines is 1. The van der Waals surface area contributed by atoms with Crippen LogP contribution in [-0.2, 0) is 6.54 Å². The first-order chi connectivity index (χ1) is 13.8. The van der Waals surface area contributed by atoms with E-state index in [1.807, 2.05) is 6.20 Å². The van der Waals surface area contributed by atoms with Crippen molar-refractivity contribution in [3.8, 4) is 0 Å². The Morgan fingerprint density at radius 1 is 1.11 bits per heavy atom. The lowest BCUT2D eigenvalue weighted by Crippen LogP contribution is -2.45. The maximum atomic E-state index is 4.82. The molecule has 0 spiro atoms. The molecule has 1 aliphatic carbocycles. The highest BCUT2D eigenvalue weighted by molar-refractivity contribution is 5.80. The highest BCUT2D eigenvalue weighted by Gasteiger charge is 2.30. The first kappa shape index (κ1) is 19.5. The number of nitrogens with one attached hydrogen (secondary N) is 2. The van der Waals surface area contributed by atoms with E-state index in [2.05, 4.69) is 44.5 Å². The molecule has 1 saturated carbocycles. The molecule has 28 heavy (non-hydrogen) atoms. The minimum Gasteiger partial charge on any atom is -0.357 e. The van der Waals surface area contributed by atoms with Crippen molar-refractivity contribution in [1.29, 1.82) is 0 Å². The highest BCUT2D eigenvalue weighted by atomic mass is 15.3. The molecule has 1 unspecified atom stereocenters. The Bertz CT molecular complexity index is 631. The SMILES string of the molecule is CCNC(=NCc1ccc(N2CCCC2)nc1)NC1CCN(C2CCCC2)C1. The second-order valence-electron chi connectivity index (χ2n) is 8.48. The van der Waals surface area contributed by atoms with Crippen molar-refractivity contribution in [2.45, 2.75) is 70.5 Å². The number of aromatic nitrogens is 1. The van der Waals surface area contributed by atoms with Crippen LogP contribution in [0.25, 0.3) is 0 Å². The van der Waals surface area contributed by atoms with Gasteiger partial charge in [-0.15, -0.1) is 0 Å². The van der Waals surface area contributed by atoms with Crippen LogP contribution in [0.2, 0.25) is 0 Å². The van der Waals surface area contributed by atoms with E-state index >= 15 is 0 Å². The molecule has 0 bridgehead atoms. The van der Waals surface area contributed by atoms with Gasteiger partial charge in [0.25, 0.3) is 0 Å². The van der Waals surface area contributed by atoms with Crippen LogP contribution >= 0.6 is 0 Å². The zero-order valence-corrected chi connectivity index (χ0v) is 17.4. The van der Waals surface area contributed by atoms with Crippen LogP contribution in [-0.4, -0.2) is 60.7 Å². The molecule has 4 rings (SSSR count). The quantitative estimate of drug-likeness (QED) is 0.583. The van der Waals surface area contributed by atoms with Crippen LogP contribution in [0.5, 0.6) is 0 Å². The van der Waals surface area contributed by atoms with E-state index in [1.165, 1.54) is 57.1 Å². The molecule has 1 aromatic rings. The van der Waals surface area contributed by atoms with Gasteiger partial charge in [-0.1, -0.05) is 18.9 Å². The third-order valence-corrected chi connectivity index (χ3v) is 6.40. The average Bonchev–Trinajstić information content (AvgIpc) is 3.49. The Labute approximate surface area is 169 Å². The summed E-state index contributed by atoms with van der Waals surface area (Å²) in [5.41, 5.74) is 1.17. The number of nitrogens with zero attached hydrogens (tertiary/aromatic N) is 4. The molecule has 6 nitrogen and oxygen atoms in total. The average molecular weight is 385 g/mol. The summed E-state index contributed by atoms with van der Waals surface area (Å²) in [4.78, 5) is 14.5. The summed E-state index contributed by atoms with van der Waals surface area (Å²) in [6.45, 7) is 8.34. The fourth-order valence-electron chi connectivity index (χ4n) is 4.83. The van der Waals surface area contributed by atoms with E-state index in [0.717, 1.165) is 44.0 Å². The van der Waals surface area contributed by atoms with E-state index < -0.39 is 0 Å². The molecule has 154 valence electrons. The number of guanidine groups is 1. The predicted molar refractivity (Wildman–Crippen MR) is 116 cm³/mol. The monoisotopic (exact) mass is 384 g/mol. The van der Waals surface area contributed by atoms with Gasteiger partial charge in [0.1, 0.15) is 5.82 Å². The third kappa shape index (κ3) is 4.96. The van der Waals surface area contributed by atoms with Gasteiger partial charge >= 0.3 is 0 Å². The largest absolute Gasteiger partial charge is 0.357 e. The molecular weight excluding hydrogens is 348 g/mol. The Morgan fingerprint density at radius 3 is 2.64 bits per heavy atom. The van der Waals surface area contributed by atoms with Crippen LogP contribution in [0, 0.1) is 0 Å². The summed E-state index contributed by atoms with van der Waals surface area (Å²) in [6.07, 6.45) is 11.4. The van der Waals surface area contributed by atoms with Gasteiger partial charge in [0, 0.05) is 51.0 Å². The van der Waals surface area contributed by atoms with E-state index in [4.69, 9.17) is 4.99 Å². The lowest BCUT2D eigenvalue weighted by atomic mass is 10.2. The minimum atomic E-state index is 0.508. The zero-order chi connectivity index (χ0) is 19.2. The van der Waals surface area contributed by atoms with E-state index in [-0.39, 0.29) is 0 Å². The minimum absolute atomic E-state index is 0.508. The summed E-state index contributed by atoms with van der Waals surface area (Å²) >= 11 is 0. The molecule has 6 heteroatoms. The fraction of sp³-hybridized carbons (Fsp3) is 0.727. The molecule has 1 aromatic heterocycles. The number of rotatable bonds is 6. The number of pyridine rings is 1. The molecule has 2 saturated heterocycles. The van der Waals surface area contributed by atoms with Gasteiger partial charge in [-0.25, -0.2) is 9.98 Å². The fourth-order valence-corrected chi connectivity index (χ4v) is 4.83. The second-order valence-corrected chi connectivity index (χ2v) is 8.48. The Balaban J connectivity index is 1.30. The van der Waals surface area contributed by atoms with Crippen molar-refractivity contribution >= 4 is 11.8 Å². The van der Waals surface area contributed by atoms with Crippen molar-refractivity contribution in [2.24, 2.45) is 4.99 Å². The lowest BCUT2D eigenvalue weighted by Gasteiger charge is -2.24. The number of hydrogen-bond acceptors (Lipinski definition) is 4. The Kier molecular flexibility index (Phi) is 6.68. The molecule has 3 fully saturated rings. The van der Waals surface area contributed by atoms with Crippen molar-refractivity contribution in [3.63, 3.8) is 0 Å². The summed E-state index contributed by atoms with van der Waals surface area (Å²) < 4.78 is 0.